The molecule has 1 amide bonds. The summed E-state index contributed by atoms with van der Waals surface area (Å²) in [6, 6.07) is 5.86. The lowest BCUT2D eigenvalue weighted by Crippen LogP contribution is -3.19. The highest BCUT2D eigenvalue weighted by atomic mass is 35.5. The van der Waals surface area contributed by atoms with E-state index in [0.29, 0.717) is 0 Å². The molecule has 1 atom stereocenters. The topological polar surface area (TPSA) is 50.8 Å². The lowest BCUT2D eigenvalue weighted by Gasteiger charge is -2.36. The van der Waals surface area contributed by atoms with Gasteiger partial charge in [0.05, 0.1) is 26.2 Å². The molecule has 2 rings (SSSR count). The predicted octanol–water partition coefficient (Wildman–Crippen LogP) is 0.227. The Morgan fingerprint density at radius 1 is 1.42 bits per heavy atom. The molecule has 19 heavy (non-hydrogen) atoms. The van der Waals surface area contributed by atoms with Crippen molar-refractivity contribution in [2.75, 3.05) is 31.1 Å². The van der Waals surface area contributed by atoms with Crippen LogP contribution in [0.5, 0.6) is 0 Å². The van der Waals surface area contributed by atoms with Gasteiger partial charge in [0.25, 0.3) is 5.91 Å². The van der Waals surface area contributed by atoms with Crippen LogP contribution in [0, 0.1) is 6.92 Å². The molecule has 104 valence electrons. The maximum Gasteiger partial charge on any atom is 0.275 e. The van der Waals surface area contributed by atoms with Crippen molar-refractivity contribution in [3.63, 3.8) is 0 Å². The number of nitrogens with zero attached hydrogens (tertiary/aromatic N) is 1. The molecule has 0 aliphatic carbocycles. The van der Waals surface area contributed by atoms with Crippen molar-refractivity contribution in [2.24, 2.45) is 5.73 Å². The maximum atomic E-state index is 11.2. The minimum Gasteiger partial charge on any atom is -0.365 e. The van der Waals surface area contributed by atoms with Gasteiger partial charge in [-0.3, -0.25) is 4.79 Å². The second-order valence-corrected chi connectivity index (χ2v) is 5.64. The monoisotopic (exact) mass is 282 g/mol. The number of aryl methyl sites for hydroxylation is 1. The molecule has 0 saturated carbocycles. The van der Waals surface area contributed by atoms with Gasteiger partial charge in [0.2, 0.25) is 0 Å². The van der Waals surface area contributed by atoms with E-state index in [4.69, 9.17) is 17.3 Å². The molecule has 0 unspecified atom stereocenters. The number of benzene rings is 1. The summed E-state index contributed by atoms with van der Waals surface area (Å²) in [7, 11) is 0. The largest absolute Gasteiger partial charge is 0.365 e. The first-order chi connectivity index (χ1) is 8.99. The predicted molar refractivity (Wildman–Crippen MR) is 77.8 cm³/mol. The van der Waals surface area contributed by atoms with Gasteiger partial charge >= 0.3 is 0 Å². The van der Waals surface area contributed by atoms with Gasteiger partial charge in [0.1, 0.15) is 0 Å². The number of amides is 1. The standard InChI is InChI=1S/C14H20ClN3O/c1-10-3-4-12(15)9-13(10)18-7-5-17(6-8-18)11(2)14(16)19/h3-4,9,11H,5-8H2,1-2H3,(H2,16,19)/p+1/t11-/m0/s1. The van der Waals surface area contributed by atoms with E-state index in [9.17, 15) is 4.79 Å². The number of hydrogen-bond acceptors (Lipinski definition) is 2. The molecular formula is C14H21ClN3O+. The molecule has 3 N–H and O–H groups in total. The Morgan fingerprint density at radius 3 is 2.63 bits per heavy atom. The Morgan fingerprint density at radius 2 is 2.05 bits per heavy atom. The molecule has 5 heteroatoms. The van der Waals surface area contributed by atoms with E-state index in [2.05, 4.69) is 11.8 Å². The van der Waals surface area contributed by atoms with E-state index < -0.39 is 0 Å². The van der Waals surface area contributed by atoms with E-state index in [0.717, 1.165) is 31.2 Å². The van der Waals surface area contributed by atoms with Gasteiger partial charge in [-0.2, -0.15) is 0 Å². The summed E-state index contributed by atoms with van der Waals surface area (Å²) in [6.45, 7) is 7.70. The summed E-state index contributed by atoms with van der Waals surface area (Å²) >= 11 is 6.06. The van der Waals surface area contributed by atoms with E-state index in [-0.39, 0.29) is 11.9 Å². The fraction of sp³-hybridized carbons (Fsp3) is 0.500. The zero-order chi connectivity index (χ0) is 14.0. The molecule has 0 aromatic heterocycles. The molecule has 1 aliphatic rings. The highest BCUT2D eigenvalue weighted by Crippen LogP contribution is 2.24. The molecule has 1 heterocycles. The second kappa shape index (κ2) is 5.80. The molecule has 4 nitrogen and oxygen atoms in total. The van der Waals surface area contributed by atoms with Crippen molar-refractivity contribution in [1.82, 2.24) is 0 Å². The SMILES string of the molecule is Cc1ccc(Cl)cc1N1CC[NH+]([C@@H](C)C(N)=O)CC1. The van der Waals surface area contributed by atoms with Gasteiger partial charge in [-0.1, -0.05) is 17.7 Å². The Hall–Kier alpha value is -1.26. The Labute approximate surface area is 119 Å². The van der Waals surface area contributed by atoms with E-state index in [1.165, 1.54) is 16.2 Å². The maximum absolute atomic E-state index is 11.2. The molecule has 0 spiro atoms. The summed E-state index contributed by atoms with van der Waals surface area (Å²) in [5.41, 5.74) is 7.79. The first kappa shape index (κ1) is 14.2. The molecule has 1 aromatic rings. The number of primary amides is 1. The van der Waals surface area contributed by atoms with Gasteiger partial charge in [-0.05, 0) is 31.5 Å². The minimum absolute atomic E-state index is 0.109. The molecule has 1 aliphatic heterocycles. The van der Waals surface area contributed by atoms with Crippen LogP contribution < -0.4 is 15.5 Å². The summed E-state index contributed by atoms with van der Waals surface area (Å²) in [5, 5.41) is 0.765. The number of nitrogens with one attached hydrogen (secondary N) is 1. The number of carbonyl (C=O) groups is 1. The van der Waals surface area contributed by atoms with Crippen LogP contribution in [0.2, 0.25) is 5.02 Å². The van der Waals surface area contributed by atoms with Crippen molar-refractivity contribution in [1.29, 1.82) is 0 Å². The van der Waals surface area contributed by atoms with Gasteiger partial charge in [0, 0.05) is 10.7 Å². The number of rotatable bonds is 3. The normalized spacial score (nSPS) is 18.4. The van der Waals surface area contributed by atoms with Crippen LogP contribution in [0.3, 0.4) is 0 Å². The Balaban J connectivity index is 2.04. The van der Waals surface area contributed by atoms with Crippen molar-refractivity contribution in [3.8, 4) is 0 Å². The van der Waals surface area contributed by atoms with Crippen LogP contribution in [-0.2, 0) is 4.79 Å². The van der Waals surface area contributed by atoms with Crippen LogP contribution >= 0.6 is 11.6 Å². The molecule has 1 aromatic carbocycles. The number of piperazine rings is 1. The highest BCUT2D eigenvalue weighted by Gasteiger charge is 2.28. The number of halogens is 1. The third kappa shape index (κ3) is 3.19. The zero-order valence-electron chi connectivity index (χ0n) is 11.4. The van der Waals surface area contributed by atoms with Gasteiger partial charge in [0.15, 0.2) is 6.04 Å². The number of anilines is 1. The average Bonchev–Trinajstić information content (AvgIpc) is 2.41. The molecule has 1 saturated heterocycles. The molecule has 0 radical (unpaired) electrons. The van der Waals surface area contributed by atoms with Crippen LogP contribution in [0.1, 0.15) is 12.5 Å². The summed E-state index contributed by atoms with van der Waals surface area (Å²) in [5.74, 6) is -0.220. The number of carbonyl (C=O) groups excluding carboxylic acids is 1. The van der Waals surface area contributed by atoms with E-state index in [1.807, 2.05) is 25.1 Å². The highest BCUT2D eigenvalue weighted by molar-refractivity contribution is 6.30. The third-order valence-corrected chi connectivity index (χ3v) is 4.19. The van der Waals surface area contributed by atoms with Gasteiger partial charge < -0.3 is 15.5 Å². The summed E-state index contributed by atoms with van der Waals surface area (Å²) in [6.07, 6.45) is 0. The third-order valence-electron chi connectivity index (χ3n) is 3.96. The first-order valence-corrected chi connectivity index (χ1v) is 7.02. The average molecular weight is 283 g/mol. The number of hydrogen-bond donors (Lipinski definition) is 2. The van der Waals surface area contributed by atoms with Crippen molar-refractivity contribution in [3.05, 3.63) is 28.8 Å². The summed E-state index contributed by atoms with van der Waals surface area (Å²) < 4.78 is 0. The molecular weight excluding hydrogens is 262 g/mol. The van der Waals surface area contributed by atoms with Crippen molar-refractivity contribution < 1.29 is 9.69 Å². The van der Waals surface area contributed by atoms with Crippen LogP contribution in [0.4, 0.5) is 5.69 Å². The second-order valence-electron chi connectivity index (χ2n) is 5.20. The lowest BCUT2D eigenvalue weighted by atomic mass is 10.1. The number of nitrogens with two attached hydrogens (primary N) is 1. The Kier molecular flexibility index (Phi) is 4.32. The zero-order valence-corrected chi connectivity index (χ0v) is 12.2. The smallest absolute Gasteiger partial charge is 0.275 e. The molecule has 1 fully saturated rings. The van der Waals surface area contributed by atoms with Gasteiger partial charge in [-0.25, -0.2) is 0 Å². The van der Waals surface area contributed by atoms with E-state index >= 15 is 0 Å². The molecule has 0 bridgehead atoms. The van der Waals surface area contributed by atoms with Crippen molar-refractivity contribution >= 4 is 23.2 Å². The van der Waals surface area contributed by atoms with Crippen LogP contribution in [0.25, 0.3) is 0 Å². The summed E-state index contributed by atoms with van der Waals surface area (Å²) in [4.78, 5) is 14.8. The van der Waals surface area contributed by atoms with Crippen molar-refractivity contribution in [2.45, 2.75) is 19.9 Å². The number of quaternary nitrogens is 1. The fourth-order valence-corrected chi connectivity index (χ4v) is 2.76. The van der Waals surface area contributed by atoms with Gasteiger partial charge in [-0.15, -0.1) is 0 Å². The fourth-order valence-electron chi connectivity index (χ4n) is 2.59. The Bertz CT molecular complexity index is 470. The van der Waals surface area contributed by atoms with Crippen LogP contribution in [0.15, 0.2) is 18.2 Å². The lowest BCUT2D eigenvalue weighted by molar-refractivity contribution is -0.914. The quantitative estimate of drug-likeness (QED) is 0.834. The van der Waals surface area contributed by atoms with E-state index in [1.54, 1.807) is 0 Å². The van der Waals surface area contributed by atoms with Crippen LogP contribution in [-0.4, -0.2) is 38.1 Å². The minimum atomic E-state index is -0.220. The first-order valence-electron chi connectivity index (χ1n) is 6.64.